The fourth-order valence-electron chi connectivity index (χ4n) is 8.98. The summed E-state index contributed by atoms with van der Waals surface area (Å²) >= 11 is 0. The zero-order valence-electron chi connectivity index (χ0n) is 19.4. The molecule has 0 aromatic rings. The molecule has 6 rings (SSSR count). The molecular formula is C27H41NO2. The van der Waals surface area contributed by atoms with E-state index in [4.69, 9.17) is 4.74 Å². The van der Waals surface area contributed by atoms with Crippen molar-refractivity contribution < 1.29 is 9.84 Å². The van der Waals surface area contributed by atoms with Crippen molar-refractivity contribution in [2.24, 2.45) is 40.4 Å². The first-order valence-electron chi connectivity index (χ1n) is 12.8. The lowest BCUT2D eigenvalue weighted by Gasteiger charge is -2.54. The van der Waals surface area contributed by atoms with Crippen LogP contribution >= 0.6 is 0 Å². The number of hydrogen-bond donors (Lipinski definition) is 2. The Morgan fingerprint density at radius 1 is 1.10 bits per heavy atom. The molecule has 2 aliphatic heterocycles. The summed E-state index contributed by atoms with van der Waals surface area (Å²) in [5.74, 6) is 3.51. The first kappa shape index (κ1) is 20.0. The fourth-order valence-corrected chi connectivity index (χ4v) is 8.98. The number of nitrogens with one attached hydrogen (secondary N) is 1. The van der Waals surface area contributed by atoms with Gasteiger partial charge in [-0.05, 0) is 80.5 Å². The molecule has 3 heteroatoms. The fraction of sp³-hybridized carbons (Fsp3) is 0.852. The Balaban J connectivity index is 1.31. The lowest BCUT2D eigenvalue weighted by molar-refractivity contribution is -0.107. The first-order chi connectivity index (χ1) is 14.3. The van der Waals surface area contributed by atoms with Crippen LogP contribution in [0, 0.1) is 40.4 Å². The molecule has 0 bridgehead atoms. The molecule has 4 aliphatic carbocycles. The van der Waals surface area contributed by atoms with Crippen LogP contribution in [-0.2, 0) is 4.74 Å². The van der Waals surface area contributed by atoms with Crippen molar-refractivity contribution in [2.75, 3.05) is 6.54 Å². The van der Waals surface area contributed by atoms with E-state index in [1.807, 2.05) is 0 Å². The zero-order chi connectivity index (χ0) is 20.9. The van der Waals surface area contributed by atoms with Gasteiger partial charge >= 0.3 is 0 Å². The molecule has 10 atom stereocenters. The minimum Gasteiger partial charge on any atom is -0.393 e. The van der Waals surface area contributed by atoms with Crippen LogP contribution in [0.4, 0.5) is 0 Å². The molecule has 0 radical (unpaired) electrons. The van der Waals surface area contributed by atoms with Crippen LogP contribution in [0.25, 0.3) is 0 Å². The summed E-state index contributed by atoms with van der Waals surface area (Å²) in [5.41, 5.74) is 3.70. The summed E-state index contributed by atoms with van der Waals surface area (Å²) in [6, 6.07) is 0. The Labute approximate surface area is 182 Å². The van der Waals surface area contributed by atoms with Crippen molar-refractivity contribution in [3.8, 4) is 0 Å². The van der Waals surface area contributed by atoms with Crippen LogP contribution in [0.3, 0.4) is 0 Å². The Bertz CT molecular complexity index is 793. The number of piperidine rings is 1. The minimum atomic E-state index is -0.114. The van der Waals surface area contributed by atoms with Crippen LogP contribution in [-0.4, -0.2) is 29.6 Å². The largest absolute Gasteiger partial charge is 0.393 e. The Hall–Kier alpha value is -0.640. The number of fused-ring (bicyclic) bond motifs is 7. The van der Waals surface area contributed by atoms with Crippen LogP contribution in [0.5, 0.6) is 0 Å². The molecule has 2 heterocycles. The molecule has 0 aromatic heterocycles. The molecule has 6 aliphatic rings. The van der Waals surface area contributed by atoms with Gasteiger partial charge in [-0.15, -0.1) is 0 Å². The summed E-state index contributed by atoms with van der Waals surface area (Å²) < 4.78 is 6.99. The quantitative estimate of drug-likeness (QED) is 0.538. The van der Waals surface area contributed by atoms with Crippen LogP contribution < -0.4 is 5.32 Å². The molecule has 0 aromatic carbocycles. The van der Waals surface area contributed by atoms with E-state index in [9.17, 15) is 5.11 Å². The summed E-state index contributed by atoms with van der Waals surface area (Å²) in [4.78, 5) is 0. The van der Waals surface area contributed by atoms with Crippen molar-refractivity contribution in [1.29, 1.82) is 0 Å². The topological polar surface area (TPSA) is 41.5 Å². The van der Waals surface area contributed by atoms with E-state index in [2.05, 4.69) is 45.2 Å². The lowest BCUT2D eigenvalue weighted by Crippen LogP contribution is -2.56. The van der Waals surface area contributed by atoms with Gasteiger partial charge < -0.3 is 9.84 Å². The van der Waals surface area contributed by atoms with Crippen molar-refractivity contribution >= 4 is 0 Å². The molecule has 4 fully saturated rings. The highest BCUT2D eigenvalue weighted by molar-refractivity contribution is 5.36. The maximum atomic E-state index is 10.2. The van der Waals surface area contributed by atoms with Gasteiger partial charge in [0.1, 0.15) is 5.72 Å². The van der Waals surface area contributed by atoms with E-state index in [0.29, 0.717) is 23.4 Å². The number of aliphatic hydroxyl groups is 1. The van der Waals surface area contributed by atoms with E-state index in [1.54, 1.807) is 11.1 Å². The van der Waals surface area contributed by atoms with Gasteiger partial charge in [-0.1, -0.05) is 51.0 Å². The zero-order valence-corrected chi connectivity index (χ0v) is 19.4. The van der Waals surface area contributed by atoms with E-state index in [0.717, 1.165) is 50.0 Å². The number of rotatable bonds is 0. The molecular weight excluding hydrogens is 370 g/mol. The maximum absolute atomic E-state index is 10.2. The number of aliphatic hydroxyl groups excluding tert-OH is 1. The summed E-state index contributed by atoms with van der Waals surface area (Å²) in [7, 11) is 0. The predicted octanol–water partition coefficient (Wildman–Crippen LogP) is 5.21. The standard InChI is InChI=1S/C27H41NO2/c1-16-9-12-27(28-15-16)17(2)26(4)23-8-7-22-20(21(23)14-24(26)30-27)6-5-18-13-19(29)10-11-25(18,22)3/h5,8,16-17,19-22,24,28-29H,6-7,9-15H2,1-4H3/t16?,17-,19-,20?,21?,22?,24?,25-,26?,27?/m0/s1. The highest BCUT2D eigenvalue weighted by Gasteiger charge is 2.67. The number of allylic oxidation sites excluding steroid dienone is 2. The second-order valence-corrected chi connectivity index (χ2v) is 12.3. The van der Waals surface area contributed by atoms with Gasteiger partial charge in [0.15, 0.2) is 0 Å². The van der Waals surface area contributed by atoms with Gasteiger partial charge in [-0.25, -0.2) is 0 Å². The maximum Gasteiger partial charge on any atom is 0.123 e. The lowest BCUT2D eigenvalue weighted by atomic mass is 9.51. The first-order valence-corrected chi connectivity index (χ1v) is 12.8. The summed E-state index contributed by atoms with van der Waals surface area (Å²) in [6.07, 6.45) is 14.6. The van der Waals surface area contributed by atoms with Crippen LogP contribution in [0.2, 0.25) is 0 Å². The molecule has 166 valence electrons. The Kier molecular flexibility index (Phi) is 4.30. The molecule has 2 saturated heterocycles. The van der Waals surface area contributed by atoms with E-state index in [-0.39, 0.29) is 17.2 Å². The average Bonchev–Trinajstić information content (AvgIpc) is 3.12. The third-order valence-corrected chi connectivity index (χ3v) is 11.1. The SMILES string of the molecule is CC1CCC2(NC1)OC1CC3C(=CCC4C3CC=C3C[C@@H](O)CC[C@@]34C)C1(C)[C@@H]2C. The van der Waals surface area contributed by atoms with E-state index < -0.39 is 0 Å². The minimum absolute atomic E-state index is 0.0975. The normalized spacial score (nSPS) is 57.2. The summed E-state index contributed by atoms with van der Waals surface area (Å²) in [5, 5.41) is 14.1. The van der Waals surface area contributed by atoms with E-state index in [1.165, 1.54) is 25.7 Å². The summed E-state index contributed by atoms with van der Waals surface area (Å²) in [6.45, 7) is 11.0. The van der Waals surface area contributed by atoms with Crippen molar-refractivity contribution in [2.45, 2.75) is 97.0 Å². The van der Waals surface area contributed by atoms with Crippen LogP contribution in [0.1, 0.15) is 79.1 Å². The van der Waals surface area contributed by atoms with Crippen molar-refractivity contribution in [1.82, 2.24) is 5.32 Å². The molecule has 3 nitrogen and oxygen atoms in total. The predicted molar refractivity (Wildman–Crippen MR) is 120 cm³/mol. The van der Waals surface area contributed by atoms with Gasteiger partial charge in [0.2, 0.25) is 0 Å². The van der Waals surface area contributed by atoms with Gasteiger partial charge in [0.25, 0.3) is 0 Å². The van der Waals surface area contributed by atoms with Crippen molar-refractivity contribution in [3.63, 3.8) is 0 Å². The highest BCUT2D eigenvalue weighted by Crippen LogP contribution is 2.68. The molecule has 7 unspecified atom stereocenters. The second kappa shape index (κ2) is 6.45. The van der Waals surface area contributed by atoms with Gasteiger partial charge in [-0.3, -0.25) is 5.32 Å². The highest BCUT2D eigenvalue weighted by atomic mass is 16.5. The third-order valence-electron chi connectivity index (χ3n) is 11.1. The second-order valence-electron chi connectivity index (χ2n) is 12.3. The van der Waals surface area contributed by atoms with Crippen molar-refractivity contribution in [3.05, 3.63) is 23.3 Å². The number of hydrogen-bond acceptors (Lipinski definition) is 3. The monoisotopic (exact) mass is 411 g/mol. The van der Waals surface area contributed by atoms with Crippen LogP contribution in [0.15, 0.2) is 23.3 Å². The molecule has 0 amide bonds. The third kappa shape index (κ3) is 2.43. The molecule has 2 N–H and O–H groups in total. The number of ether oxygens (including phenoxy) is 1. The van der Waals surface area contributed by atoms with E-state index >= 15 is 0 Å². The smallest absolute Gasteiger partial charge is 0.123 e. The Morgan fingerprint density at radius 3 is 2.70 bits per heavy atom. The van der Waals surface area contributed by atoms with Gasteiger partial charge in [0, 0.05) is 17.9 Å². The Morgan fingerprint density at radius 2 is 1.93 bits per heavy atom. The molecule has 2 saturated carbocycles. The average molecular weight is 412 g/mol. The molecule has 30 heavy (non-hydrogen) atoms. The van der Waals surface area contributed by atoms with Gasteiger partial charge in [-0.2, -0.15) is 0 Å². The molecule has 1 spiro atoms. The van der Waals surface area contributed by atoms with Gasteiger partial charge in [0.05, 0.1) is 12.2 Å².